The number of nitro benzene ring substituents is 2. The molecule has 148 valence electrons. The van der Waals surface area contributed by atoms with Crippen molar-refractivity contribution in [1.82, 2.24) is 4.57 Å². The molecule has 0 N–H and O–H groups in total. The Morgan fingerprint density at radius 1 is 1.07 bits per heavy atom. The number of nitrogens with zero attached hydrogens (tertiary/aromatic N) is 4. The number of aryl methyl sites for hydroxylation is 1. The maximum absolute atomic E-state index is 12.6. The van der Waals surface area contributed by atoms with Gasteiger partial charge in [0.2, 0.25) is 0 Å². The Kier molecular flexibility index (Phi) is 5.64. The second-order valence-electron chi connectivity index (χ2n) is 6.10. The molecular formula is C19H16N4O5S. The Bertz CT molecular complexity index is 1150. The van der Waals surface area contributed by atoms with Crippen LogP contribution in [0.25, 0.3) is 11.3 Å². The first kappa shape index (κ1) is 20.1. The lowest BCUT2D eigenvalue weighted by Gasteiger charge is -2.05. The first-order valence-electron chi connectivity index (χ1n) is 8.58. The number of thiazole rings is 1. The highest BCUT2D eigenvalue weighted by molar-refractivity contribution is 7.09. The SMILES string of the molecule is CCc1sc(=NC(=O)c2cc([N+](=O)[O-])cc([N+](=O)[O-])c2)n(C)c1-c1ccccc1. The molecule has 0 saturated carbocycles. The molecule has 1 aromatic heterocycles. The average molecular weight is 412 g/mol. The van der Waals surface area contributed by atoms with E-state index in [0.29, 0.717) is 4.80 Å². The summed E-state index contributed by atoms with van der Waals surface area (Å²) >= 11 is 1.33. The summed E-state index contributed by atoms with van der Waals surface area (Å²) in [5, 5.41) is 22.1. The van der Waals surface area contributed by atoms with E-state index in [2.05, 4.69) is 4.99 Å². The van der Waals surface area contributed by atoms with Crippen molar-refractivity contribution >= 4 is 28.6 Å². The molecule has 0 spiro atoms. The summed E-state index contributed by atoms with van der Waals surface area (Å²) in [7, 11) is 1.78. The lowest BCUT2D eigenvalue weighted by molar-refractivity contribution is -0.394. The van der Waals surface area contributed by atoms with E-state index in [1.807, 2.05) is 37.3 Å². The predicted octanol–water partition coefficient (Wildman–Crippen LogP) is 3.87. The number of aromatic nitrogens is 1. The molecule has 0 atom stereocenters. The maximum Gasteiger partial charge on any atom is 0.280 e. The molecule has 0 unspecified atom stereocenters. The fourth-order valence-electron chi connectivity index (χ4n) is 2.88. The number of benzene rings is 2. The van der Waals surface area contributed by atoms with Crippen molar-refractivity contribution in [3.8, 4) is 11.3 Å². The summed E-state index contributed by atoms with van der Waals surface area (Å²) in [4.78, 5) is 38.7. The Hall–Kier alpha value is -3.66. The predicted molar refractivity (Wildman–Crippen MR) is 108 cm³/mol. The highest BCUT2D eigenvalue weighted by atomic mass is 32.1. The van der Waals surface area contributed by atoms with Gasteiger partial charge in [-0.05, 0) is 12.0 Å². The number of carbonyl (C=O) groups is 1. The Labute approximate surface area is 168 Å². The fourth-order valence-corrected chi connectivity index (χ4v) is 3.95. The molecule has 0 saturated heterocycles. The van der Waals surface area contributed by atoms with Gasteiger partial charge in [0.1, 0.15) is 0 Å². The number of non-ortho nitro benzene ring substituents is 2. The number of hydrogen-bond donors (Lipinski definition) is 0. The van der Waals surface area contributed by atoms with Gasteiger partial charge in [-0.3, -0.25) is 25.0 Å². The van der Waals surface area contributed by atoms with E-state index in [4.69, 9.17) is 0 Å². The third kappa shape index (κ3) is 4.11. The van der Waals surface area contributed by atoms with Gasteiger partial charge in [-0.2, -0.15) is 4.99 Å². The Morgan fingerprint density at radius 2 is 1.66 bits per heavy atom. The van der Waals surface area contributed by atoms with Crippen LogP contribution in [0.2, 0.25) is 0 Å². The van der Waals surface area contributed by atoms with Crippen molar-refractivity contribution in [3.05, 3.63) is 84.0 Å². The standard InChI is InChI=1S/C19H16N4O5S/c1-3-16-17(12-7-5-4-6-8-12)21(2)19(29-16)20-18(24)13-9-14(22(25)26)11-15(10-13)23(27)28/h4-11H,3H2,1-2H3. The largest absolute Gasteiger partial charge is 0.319 e. The van der Waals surface area contributed by atoms with Gasteiger partial charge in [-0.1, -0.05) is 37.3 Å². The van der Waals surface area contributed by atoms with Crippen LogP contribution in [-0.2, 0) is 13.5 Å². The highest BCUT2D eigenvalue weighted by Gasteiger charge is 2.20. The lowest BCUT2D eigenvalue weighted by atomic mass is 10.1. The maximum atomic E-state index is 12.6. The molecule has 1 amide bonds. The highest BCUT2D eigenvalue weighted by Crippen LogP contribution is 2.26. The van der Waals surface area contributed by atoms with E-state index in [1.54, 1.807) is 11.6 Å². The summed E-state index contributed by atoms with van der Waals surface area (Å²) in [5.74, 6) is -0.782. The van der Waals surface area contributed by atoms with Crippen LogP contribution in [0.4, 0.5) is 11.4 Å². The van der Waals surface area contributed by atoms with Gasteiger partial charge in [0.05, 0.1) is 27.2 Å². The summed E-state index contributed by atoms with van der Waals surface area (Å²) in [6.07, 6.45) is 0.731. The summed E-state index contributed by atoms with van der Waals surface area (Å²) in [5.41, 5.74) is 0.622. The molecule has 0 aliphatic carbocycles. The average Bonchev–Trinajstić information content (AvgIpc) is 3.03. The second kappa shape index (κ2) is 8.15. The minimum absolute atomic E-state index is 0.210. The van der Waals surface area contributed by atoms with Crippen LogP contribution in [0.5, 0.6) is 0 Å². The minimum atomic E-state index is -0.782. The second-order valence-corrected chi connectivity index (χ2v) is 7.17. The van der Waals surface area contributed by atoms with Crippen molar-refractivity contribution in [2.24, 2.45) is 12.0 Å². The smallest absolute Gasteiger partial charge is 0.280 e. The molecule has 3 rings (SSSR count). The van der Waals surface area contributed by atoms with E-state index < -0.39 is 27.1 Å². The van der Waals surface area contributed by atoms with Crippen LogP contribution in [0.3, 0.4) is 0 Å². The zero-order valence-corrected chi connectivity index (χ0v) is 16.4. The molecule has 0 bridgehead atoms. The van der Waals surface area contributed by atoms with Crippen LogP contribution in [-0.4, -0.2) is 20.3 Å². The molecule has 2 aromatic carbocycles. The van der Waals surface area contributed by atoms with Crippen LogP contribution < -0.4 is 4.80 Å². The first-order chi connectivity index (χ1) is 13.8. The van der Waals surface area contributed by atoms with E-state index in [9.17, 15) is 25.0 Å². The number of amides is 1. The third-order valence-electron chi connectivity index (χ3n) is 4.24. The van der Waals surface area contributed by atoms with Gasteiger partial charge < -0.3 is 4.57 Å². The molecule has 0 aliphatic heterocycles. The van der Waals surface area contributed by atoms with Crippen LogP contribution >= 0.6 is 11.3 Å². The quantitative estimate of drug-likeness (QED) is 0.465. The third-order valence-corrected chi connectivity index (χ3v) is 5.51. The molecular weight excluding hydrogens is 396 g/mol. The van der Waals surface area contributed by atoms with Gasteiger partial charge in [-0.15, -0.1) is 11.3 Å². The lowest BCUT2D eigenvalue weighted by Crippen LogP contribution is -2.14. The van der Waals surface area contributed by atoms with E-state index in [1.165, 1.54) is 11.3 Å². The number of hydrogen-bond acceptors (Lipinski definition) is 6. The summed E-state index contributed by atoms with van der Waals surface area (Å²) < 4.78 is 1.78. The van der Waals surface area contributed by atoms with Crippen LogP contribution in [0, 0.1) is 20.2 Å². The molecule has 10 heteroatoms. The molecule has 3 aromatic rings. The molecule has 29 heavy (non-hydrogen) atoms. The monoisotopic (exact) mass is 412 g/mol. The van der Waals surface area contributed by atoms with Gasteiger partial charge in [0, 0.05) is 24.1 Å². The molecule has 9 nitrogen and oxygen atoms in total. The van der Waals surface area contributed by atoms with Crippen molar-refractivity contribution in [2.75, 3.05) is 0 Å². The zero-order chi connectivity index (χ0) is 21.1. The number of carbonyl (C=O) groups excluding carboxylic acids is 1. The van der Waals surface area contributed by atoms with Gasteiger partial charge in [-0.25, -0.2) is 0 Å². The summed E-state index contributed by atoms with van der Waals surface area (Å²) in [6, 6.07) is 12.4. The van der Waals surface area contributed by atoms with E-state index in [0.717, 1.165) is 40.8 Å². The van der Waals surface area contributed by atoms with E-state index >= 15 is 0 Å². The number of nitro groups is 2. The minimum Gasteiger partial charge on any atom is -0.319 e. The van der Waals surface area contributed by atoms with Gasteiger partial charge in [0.15, 0.2) is 4.80 Å². The van der Waals surface area contributed by atoms with E-state index in [-0.39, 0.29) is 5.56 Å². The molecule has 1 heterocycles. The summed E-state index contributed by atoms with van der Waals surface area (Å²) in [6.45, 7) is 1.99. The van der Waals surface area contributed by atoms with Gasteiger partial charge >= 0.3 is 0 Å². The van der Waals surface area contributed by atoms with Crippen LogP contribution in [0.15, 0.2) is 53.5 Å². The van der Waals surface area contributed by atoms with Crippen molar-refractivity contribution in [2.45, 2.75) is 13.3 Å². The first-order valence-corrected chi connectivity index (χ1v) is 9.40. The molecule has 0 aliphatic rings. The Balaban J connectivity index is 2.12. The van der Waals surface area contributed by atoms with Gasteiger partial charge in [0.25, 0.3) is 17.3 Å². The molecule has 0 fully saturated rings. The fraction of sp³-hybridized carbons (Fsp3) is 0.158. The zero-order valence-electron chi connectivity index (χ0n) is 15.6. The van der Waals surface area contributed by atoms with Crippen molar-refractivity contribution in [1.29, 1.82) is 0 Å². The van der Waals surface area contributed by atoms with Crippen LogP contribution in [0.1, 0.15) is 22.2 Å². The molecule has 0 radical (unpaired) electrons. The number of rotatable bonds is 5. The van der Waals surface area contributed by atoms with Crippen molar-refractivity contribution < 1.29 is 14.6 Å². The van der Waals surface area contributed by atoms with Crippen molar-refractivity contribution in [3.63, 3.8) is 0 Å². The topological polar surface area (TPSA) is 121 Å². The Morgan fingerprint density at radius 3 is 2.17 bits per heavy atom. The normalized spacial score (nSPS) is 11.4.